The van der Waals surface area contributed by atoms with E-state index in [-0.39, 0.29) is 11.9 Å². The summed E-state index contributed by atoms with van der Waals surface area (Å²) < 4.78 is 0. The molecule has 0 aliphatic carbocycles. The van der Waals surface area contributed by atoms with E-state index in [0.717, 1.165) is 11.1 Å². The monoisotopic (exact) mass is 262 g/mol. The van der Waals surface area contributed by atoms with Crippen molar-refractivity contribution in [1.82, 2.24) is 5.32 Å². The van der Waals surface area contributed by atoms with Gasteiger partial charge in [-0.15, -0.1) is 0 Å². The number of amides is 1. The Morgan fingerprint density at radius 3 is 3.00 bits per heavy atom. The highest BCUT2D eigenvalue weighted by atomic mass is 32.2. The van der Waals surface area contributed by atoms with Crippen molar-refractivity contribution >= 4 is 17.7 Å². The van der Waals surface area contributed by atoms with E-state index in [2.05, 4.69) is 17.2 Å². The number of nitrogens with two attached hydrogens (primary N) is 1. The van der Waals surface area contributed by atoms with Crippen LogP contribution in [0.2, 0.25) is 0 Å². The minimum atomic E-state index is -0.00993. The minimum Gasteiger partial charge on any atom is -0.349 e. The maximum absolute atomic E-state index is 11.5. The topological polar surface area (TPSA) is 55.1 Å². The van der Waals surface area contributed by atoms with Gasteiger partial charge in [-0.3, -0.25) is 4.79 Å². The van der Waals surface area contributed by atoms with E-state index >= 15 is 0 Å². The van der Waals surface area contributed by atoms with Crippen LogP contribution in [-0.4, -0.2) is 24.5 Å². The highest BCUT2D eigenvalue weighted by molar-refractivity contribution is 7.99. The fraction of sp³-hybridized carbons (Fsp3) is 0.357. The van der Waals surface area contributed by atoms with Crippen LogP contribution in [-0.2, 0) is 4.79 Å². The summed E-state index contributed by atoms with van der Waals surface area (Å²) in [5, 5.41) is 2.95. The fourth-order valence-electron chi connectivity index (χ4n) is 1.54. The maximum Gasteiger partial charge on any atom is 0.230 e. The third kappa shape index (κ3) is 4.82. The molecule has 1 atom stereocenters. The lowest BCUT2D eigenvalue weighted by atomic mass is 10.1. The van der Waals surface area contributed by atoms with Gasteiger partial charge in [0.25, 0.3) is 0 Å². The Morgan fingerprint density at radius 2 is 2.33 bits per heavy atom. The molecule has 1 rings (SSSR count). The Bertz CT molecular complexity index is 462. The van der Waals surface area contributed by atoms with Crippen LogP contribution >= 0.6 is 11.8 Å². The van der Waals surface area contributed by atoms with E-state index < -0.39 is 0 Å². The molecule has 0 saturated heterocycles. The summed E-state index contributed by atoms with van der Waals surface area (Å²) in [7, 11) is 0. The Balaban J connectivity index is 2.73. The zero-order valence-electron chi connectivity index (χ0n) is 10.7. The minimum absolute atomic E-state index is 0.00993. The zero-order chi connectivity index (χ0) is 13.4. The van der Waals surface area contributed by atoms with Crippen molar-refractivity contribution in [1.29, 1.82) is 0 Å². The van der Waals surface area contributed by atoms with E-state index in [0.29, 0.717) is 12.3 Å². The number of benzene rings is 1. The zero-order valence-corrected chi connectivity index (χ0v) is 11.5. The standard InChI is InChI=1S/C14H18N2OS/c1-11(16-14(17)10-18-2)13-7-3-5-12(9-13)6-4-8-15/h3,5,7,9,11H,8,10,15H2,1-2H3,(H,16,17). The van der Waals surface area contributed by atoms with Crippen molar-refractivity contribution in [2.75, 3.05) is 18.6 Å². The number of thioether (sulfide) groups is 1. The van der Waals surface area contributed by atoms with Gasteiger partial charge >= 0.3 is 0 Å². The first-order chi connectivity index (χ1) is 8.67. The highest BCUT2D eigenvalue weighted by Gasteiger charge is 2.08. The van der Waals surface area contributed by atoms with Crippen molar-refractivity contribution in [2.45, 2.75) is 13.0 Å². The molecule has 0 aromatic heterocycles. The van der Waals surface area contributed by atoms with Crippen LogP contribution in [0.15, 0.2) is 24.3 Å². The molecular formula is C14H18N2OS. The Morgan fingerprint density at radius 1 is 1.56 bits per heavy atom. The second-order valence-corrected chi connectivity index (χ2v) is 4.72. The van der Waals surface area contributed by atoms with Gasteiger partial charge in [-0.1, -0.05) is 24.0 Å². The number of hydrogen-bond donors (Lipinski definition) is 2. The Hall–Kier alpha value is -1.44. The van der Waals surface area contributed by atoms with Crippen molar-refractivity contribution in [3.05, 3.63) is 35.4 Å². The lowest BCUT2D eigenvalue weighted by molar-refractivity contribution is -0.119. The summed E-state index contributed by atoms with van der Waals surface area (Å²) in [5.41, 5.74) is 7.31. The van der Waals surface area contributed by atoms with Crippen LogP contribution in [0.4, 0.5) is 0 Å². The lowest BCUT2D eigenvalue weighted by Crippen LogP contribution is -2.28. The second kappa shape index (κ2) is 7.80. The molecule has 0 aliphatic rings. The van der Waals surface area contributed by atoms with Crippen LogP contribution in [0, 0.1) is 11.8 Å². The van der Waals surface area contributed by atoms with Gasteiger partial charge in [0.2, 0.25) is 5.91 Å². The third-order valence-corrected chi connectivity index (χ3v) is 2.93. The molecule has 3 nitrogen and oxygen atoms in total. The van der Waals surface area contributed by atoms with E-state index in [1.165, 1.54) is 11.8 Å². The molecule has 0 fully saturated rings. The average Bonchev–Trinajstić information content (AvgIpc) is 2.37. The predicted molar refractivity (Wildman–Crippen MR) is 77.3 cm³/mol. The first-order valence-electron chi connectivity index (χ1n) is 5.74. The van der Waals surface area contributed by atoms with E-state index in [1.54, 1.807) is 0 Å². The van der Waals surface area contributed by atoms with Gasteiger partial charge in [-0.05, 0) is 30.9 Å². The Kier molecular flexibility index (Phi) is 6.34. The maximum atomic E-state index is 11.5. The fourth-order valence-corrected chi connectivity index (χ4v) is 1.88. The van der Waals surface area contributed by atoms with Gasteiger partial charge < -0.3 is 11.1 Å². The molecule has 4 heteroatoms. The van der Waals surface area contributed by atoms with Crippen LogP contribution in [0.5, 0.6) is 0 Å². The van der Waals surface area contributed by atoms with Gasteiger partial charge in [-0.2, -0.15) is 11.8 Å². The van der Waals surface area contributed by atoms with E-state index in [1.807, 2.05) is 37.4 Å². The molecule has 18 heavy (non-hydrogen) atoms. The quantitative estimate of drug-likeness (QED) is 0.809. The molecule has 1 aromatic carbocycles. The van der Waals surface area contributed by atoms with Crippen LogP contribution in [0.3, 0.4) is 0 Å². The van der Waals surface area contributed by atoms with Crippen molar-refractivity contribution in [3.63, 3.8) is 0 Å². The summed E-state index contributed by atoms with van der Waals surface area (Å²) in [6.07, 6.45) is 1.91. The average molecular weight is 262 g/mol. The Labute approximate surface area is 113 Å². The molecular weight excluding hydrogens is 244 g/mol. The predicted octanol–water partition coefficient (Wildman–Crippen LogP) is 1.54. The van der Waals surface area contributed by atoms with Gasteiger partial charge in [-0.25, -0.2) is 0 Å². The van der Waals surface area contributed by atoms with Gasteiger partial charge in [0.15, 0.2) is 0 Å². The number of carbonyl (C=O) groups is 1. The third-order valence-electron chi connectivity index (χ3n) is 2.37. The van der Waals surface area contributed by atoms with Crippen molar-refractivity contribution in [3.8, 4) is 11.8 Å². The first-order valence-corrected chi connectivity index (χ1v) is 7.14. The van der Waals surface area contributed by atoms with Crippen LogP contribution < -0.4 is 11.1 Å². The number of rotatable bonds is 4. The van der Waals surface area contributed by atoms with Gasteiger partial charge in [0.05, 0.1) is 18.3 Å². The normalized spacial score (nSPS) is 11.3. The molecule has 0 radical (unpaired) electrons. The van der Waals surface area contributed by atoms with E-state index in [9.17, 15) is 4.79 Å². The summed E-state index contributed by atoms with van der Waals surface area (Å²) in [5.74, 6) is 6.34. The molecule has 96 valence electrons. The lowest BCUT2D eigenvalue weighted by Gasteiger charge is -2.14. The molecule has 0 bridgehead atoms. The van der Waals surface area contributed by atoms with Gasteiger partial charge in [0.1, 0.15) is 0 Å². The smallest absolute Gasteiger partial charge is 0.230 e. The van der Waals surface area contributed by atoms with Gasteiger partial charge in [0, 0.05) is 5.56 Å². The molecule has 0 heterocycles. The highest BCUT2D eigenvalue weighted by Crippen LogP contribution is 2.13. The van der Waals surface area contributed by atoms with Crippen molar-refractivity contribution < 1.29 is 4.79 Å². The molecule has 0 aliphatic heterocycles. The number of nitrogens with one attached hydrogen (secondary N) is 1. The summed E-state index contributed by atoms with van der Waals surface area (Å²) in [4.78, 5) is 11.5. The summed E-state index contributed by atoms with van der Waals surface area (Å²) >= 11 is 1.51. The summed E-state index contributed by atoms with van der Waals surface area (Å²) in [6, 6.07) is 7.82. The van der Waals surface area contributed by atoms with Crippen LogP contribution in [0.25, 0.3) is 0 Å². The largest absolute Gasteiger partial charge is 0.349 e. The molecule has 1 aromatic rings. The molecule has 0 spiro atoms. The number of carbonyl (C=O) groups excluding carboxylic acids is 1. The van der Waals surface area contributed by atoms with E-state index in [4.69, 9.17) is 5.73 Å². The molecule has 0 saturated carbocycles. The van der Waals surface area contributed by atoms with Crippen LogP contribution in [0.1, 0.15) is 24.1 Å². The van der Waals surface area contributed by atoms with Crippen molar-refractivity contribution in [2.24, 2.45) is 5.73 Å². The molecule has 1 amide bonds. The molecule has 1 unspecified atom stereocenters. The first kappa shape index (κ1) is 14.6. The molecule has 3 N–H and O–H groups in total. The number of hydrogen-bond acceptors (Lipinski definition) is 3. The summed E-state index contributed by atoms with van der Waals surface area (Å²) in [6.45, 7) is 2.32. The SMILES string of the molecule is CSCC(=O)NC(C)c1cccc(C#CCN)c1. The second-order valence-electron chi connectivity index (χ2n) is 3.85.